The number of benzene rings is 3. The molecule has 0 fully saturated rings. The normalized spacial score (nSPS) is 24.0. The number of rotatable bonds is 4. The Hall–Kier alpha value is -4.27. The van der Waals surface area contributed by atoms with Gasteiger partial charge in [0.05, 0.1) is 5.56 Å². The Morgan fingerprint density at radius 3 is 2.32 bits per heavy atom. The first kappa shape index (κ1) is 26.9. The Morgan fingerprint density at radius 2 is 1.63 bits per heavy atom. The molecule has 0 amide bonds. The second-order valence-electron chi connectivity index (χ2n) is 11.6. The van der Waals surface area contributed by atoms with Crippen molar-refractivity contribution in [2.24, 2.45) is 11.8 Å². The summed E-state index contributed by atoms with van der Waals surface area (Å²) in [7, 11) is 4.01. The fraction of sp³-hybridized carbons (Fsp3) is 0.303. The summed E-state index contributed by atoms with van der Waals surface area (Å²) in [6.07, 6.45) is 0.208. The summed E-state index contributed by atoms with van der Waals surface area (Å²) >= 11 is 0. The molecule has 41 heavy (non-hydrogen) atoms. The summed E-state index contributed by atoms with van der Waals surface area (Å²) in [5.41, 5.74) is 0.281. The number of aliphatic hydroxyl groups excluding tert-OH is 2. The predicted octanol–water partition coefficient (Wildman–Crippen LogP) is 4.57. The van der Waals surface area contributed by atoms with Crippen molar-refractivity contribution < 1.29 is 34.8 Å². The Balaban J connectivity index is 1.52. The van der Waals surface area contributed by atoms with E-state index in [4.69, 9.17) is 0 Å². The van der Waals surface area contributed by atoms with Crippen LogP contribution in [0.1, 0.15) is 41.3 Å². The number of Topliss-reactive ketones (excluding diaryl/α,β-unsaturated/α-hetero) is 3. The van der Waals surface area contributed by atoms with E-state index < -0.39 is 51.9 Å². The molecule has 0 unspecified atom stereocenters. The van der Waals surface area contributed by atoms with E-state index in [-0.39, 0.29) is 36.1 Å². The number of carbonyl (C=O) groups excluding carboxylic acids is 3. The Bertz CT molecular complexity index is 1750. The molecule has 8 nitrogen and oxygen atoms in total. The largest absolute Gasteiger partial charge is 0.511 e. The van der Waals surface area contributed by atoms with Gasteiger partial charge in [0, 0.05) is 24.5 Å². The Morgan fingerprint density at radius 1 is 0.951 bits per heavy atom. The minimum absolute atomic E-state index is 0.0252. The van der Waals surface area contributed by atoms with Crippen LogP contribution in [0, 0.1) is 11.8 Å². The first-order chi connectivity index (χ1) is 19.4. The van der Waals surface area contributed by atoms with E-state index >= 15 is 0 Å². The van der Waals surface area contributed by atoms with Crippen molar-refractivity contribution in [3.8, 4) is 16.9 Å². The lowest BCUT2D eigenvalue weighted by atomic mass is 9.60. The molecule has 0 spiro atoms. The molecule has 0 saturated heterocycles. The van der Waals surface area contributed by atoms with Crippen LogP contribution >= 0.6 is 0 Å². The van der Waals surface area contributed by atoms with Crippen molar-refractivity contribution >= 4 is 28.1 Å². The number of nitrogens with zero attached hydrogens (tertiary/aromatic N) is 1. The molecule has 0 radical (unpaired) electrons. The number of carbonyl (C=O) groups is 3. The van der Waals surface area contributed by atoms with Crippen molar-refractivity contribution in [3.63, 3.8) is 0 Å². The van der Waals surface area contributed by atoms with Crippen LogP contribution in [-0.4, -0.2) is 62.4 Å². The molecule has 0 aliphatic heterocycles. The Kier molecular flexibility index (Phi) is 6.17. The molecule has 0 aromatic heterocycles. The number of allylic oxidation sites excluding steroid dienone is 2. The van der Waals surface area contributed by atoms with Gasteiger partial charge >= 0.3 is 0 Å². The number of ketones is 3. The minimum atomic E-state index is -2.50. The van der Waals surface area contributed by atoms with Crippen LogP contribution in [0.15, 0.2) is 71.2 Å². The highest BCUT2D eigenvalue weighted by molar-refractivity contribution is 6.25. The van der Waals surface area contributed by atoms with Gasteiger partial charge in [0.15, 0.2) is 17.2 Å². The van der Waals surface area contributed by atoms with Crippen LogP contribution in [0.5, 0.6) is 5.75 Å². The van der Waals surface area contributed by atoms with E-state index in [0.717, 1.165) is 40.9 Å². The maximum atomic E-state index is 14.0. The van der Waals surface area contributed by atoms with Gasteiger partial charge in [0.1, 0.15) is 22.8 Å². The van der Waals surface area contributed by atoms with Crippen molar-refractivity contribution in [2.75, 3.05) is 14.1 Å². The molecule has 6 rings (SSSR count). The minimum Gasteiger partial charge on any atom is -0.511 e. The number of aromatic hydroxyl groups is 1. The van der Waals surface area contributed by atoms with E-state index in [0.29, 0.717) is 5.56 Å². The zero-order chi connectivity index (χ0) is 29.4. The molecular formula is C33H31NO7. The maximum absolute atomic E-state index is 14.0. The number of hydrogen-bond acceptors (Lipinski definition) is 8. The number of hydrogen-bond donors (Lipinski definition) is 4. The number of fused-ring (bicyclic) bond motifs is 4. The molecule has 3 aromatic rings. The lowest BCUT2D eigenvalue weighted by Crippen LogP contribution is -2.56. The van der Waals surface area contributed by atoms with E-state index in [9.17, 15) is 34.8 Å². The van der Waals surface area contributed by atoms with Gasteiger partial charge in [-0.2, -0.15) is 0 Å². The lowest BCUT2D eigenvalue weighted by Gasteiger charge is -2.45. The van der Waals surface area contributed by atoms with Gasteiger partial charge in [-0.1, -0.05) is 42.5 Å². The SMILES string of the molecule is CC(=O)C1=C(O)C[C@@H]2C[C@@H]3Cc4c(-c5ccc(CN(C)C)c6ccccc56)ccc(O)c4C(=O)C3=C(O)[C@]2(O)C1=O. The van der Waals surface area contributed by atoms with E-state index in [1.165, 1.54) is 6.07 Å². The fourth-order valence-electron chi connectivity index (χ4n) is 7.06. The summed E-state index contributed by atoms with van der Waals surface area (Å²) in [5, 5.41) is 46.3. The van der Waals surface area contributed by atoms with Gasteiger partial charge < -0.3 is 25.3 Å². The summed E-state index contributed by atoms with van der Waals surface area (Å²) in [5.74, 6) is -5.47. The van der Waals surface area contributed by atoms with E-state index in [1.54, 1.807) is 6.07 Å². The molecular weight excluding hydrogens is 522 g/mol. The zero-order valence-electron chi connectivity index (χ0n) is 23.1. The van der Waals surface area contributed by atoms with E-state index in [1.807, 2.05) is 38.4 Å². The highest BCUT2D eigenvalue weighted by atomic mass is 16.3. The predicted molar refractivity (Wildman–Crippen MR) is 153 cm³/mol. The average molecular weight is 554 g/mol. The molecule has 0 saturated carbocycles. The highest BCUT2D eigenvalue weighted by Crippen LogP contribution is 2.52. The van der Waals surface area contributed by atoms with Crippen LogP contribution < -0.4 is 0 Å². The average Bonchev–Trinajstić information content (AvgIpc) is 2.91. The summed E-state index contributed by atoms with van der Waals surface area (Å²) < 4.78 is 0. The highest BCUT2D eigenvalue weighted by Gasteiger charge is 2.59. The van der Waals surface area contributed by atoms with E-state index in [2.05, 4.69) is 17.0 Å². The standard InChI is InChI=1S/C33H31NO7/c1-16(35)27-26(37)14-19-12-18-13-24-23(22-9-8-17(15-34(2)3)20-6-4-5-7-21(20)22)10-11-25(36)29(24)30(38)28(18)32(40)33(19,41)31(27)39/h4-11,18-19,36-37,40-41H,12-15H2,1-3H3/t18-,19+,33-/m1/s1. The number of aliphatic hydroxyl groups is 3. The molecule has 0 heterocycles. The molecule has 3 aliphatic rings. The van der Waals surface area contributed by atoms with Crippen LogP contribution in [0.2, 0.25) is 0 Å². The monoisotopic (exact) mass is 553 g/mol. The maximum Gasteiger partial charge on any atom is 0.209 e. The molecule has 210 valence electrons. The topological polar surface area (TPSA) is 135 Å². The molecule has 0 bridgehead atoms. The van der Waals surface area contributed by atoms with Crippen molar-refractivity contribution in [1.82, 2.24) is 4.90 Å². The lowest BCUT2D eigenvalue weighted by molar-refractivity contribution is -0.144. The van der Waals surface area contributed by atoms with Crippen molar-refractivity contribution in [3.05, 3.63) is 87.9 Å². The molecule has 3 aliphatic carbocycles. The second-order valence-corrected chi connectivity index (χ2v) is 11.6. The quantitative estimate of drug-likeness (QED) is 0.345. The van der Waals surface area contributed by atoms with Crippen LogP contribution in [0.25, 0.3) is 21.9 Å². The number of phenols is 1. The first-order valence-electron chi connectivity index (χ1n) is 13.6. The van der Waals surface area contributed by atoms with Gasteiger partial charge in [-0.05, 0) is 78.9 Å². The van der Waals surface area contributed by atoms with Crippen LogP contribution in [0.4, 0.5) is 0 Å². The van der Waals surface area contributed by atoms with Gasteiger partial charge in [0.2, 0.25) is 5.78 Å². The smallest absolute Gasteiger partial charge is 0.209 e. The molecule has 3 atom stereocenters. The molecule has 3 aromatic carbocycles. The van der Waals surface area contributed by atoms with Crippen LogP contribution in [0.3, 0.4) is 0 Å². The van der Waals surface area contributed by atoms with Crippen molar-refractivity contribution in [1.29, 1.82) is 0 Å². The van der Waals surface area contributed by atoms with Crippen LogP contribution in [-0.2, 0) is 22.6 Å². The van der Waals surface area contributed by atoms with Gasteiger partial charge in [-0.15, -0.1) is 0 Å². The third kappa shape index (κ3) is 3.85. The summed E-state index contributed by atoms with van der Waals surface area (Å²) in [6.45, 7) is 1.85. The first-order valence-corrected chi connectivity index (χ1v) is 13.6. The van der Waals surface area contributed by atoms with Crippen molar-refractivity contribution in [2.45, 2.75) is 38.3 Å². The third-order valence-corrected chi connectivity index (χ3v) is 8.84. The van der Waals surface area contributed by atoms with Gasteiger partial charge in [0.25, 0.3) is 0 Å². The van der Waals surface area contributed by atoms with Gasteiger partial charge in [-0.3, -0.25) is 14.4 Å². The summed E-state index contributed by atoms with van der Waals surface area (Å²) in [4.78, 5) is 41.4. The Labute approximate surface area is 236 Å². The molecule has 4 N–H and O–H groups in total. The second kappa shape index (κ2) is 9.39. The zero-order valence-corrected chi connectivity index (χ0v) is 23.1. The fourth-order valence-corrected chi connectivity index (χ4v) is 7.06. The third-order valence-electron chi connectivity index (χ3n) is 8.84. The number of phenolic OH excluding ortho intramolecular Hbond substituents is 1. The molecule has 8 heteroatoms. The van der Waals surface area contributed by atoms with Gasteiger partial charge in [-0.25, -0.2) is 0 Å². The summed E-state index contributed by atoms with van der Waals surface area (Å²) in [6, 6.07) is 15.4.